The van der Waals surface area contributed by atoms with Gasteiger partial charge in [-0.2, -0.15) is 0 Å². The number of hydrogen-bond donors (Lipinski definition) is 2. The summed E-state index contributed by atoms with van der Waals surface area (Å²) in [5.41, 5.74) is 3.60. The van der Waals surface area contributed by atoms with Crippen LogP contribution in [-0.2, 0) is 25.6 Å². The first kappa shape index (κ1) is 54.7. The Morgan fingerprint density at radius 1 is 0.889 bits per heavy atom. The summed E-state index contributed by atoms with van der Waals surface area (Å²) in [6.07, 6.45) is 22.2. The van der Waals surface area contributed by atoms with Crippen LogP contribution in [0.25, 0.3) is 0 Å². The van der Waals surface area contributed by atoms with Crippen molar-refractivity contribution in [2.24, 2.45) is 22.9 Å². The van der Waals surface area contributed by atoms with Crippen molar-refractivity contribution in [2.45, 2.75) is 166 Å². The molecular formula is C59H79FN2O10. The fourth-order valence-electron chi connectivity index (χ4n) is 11.3. The van der Waals surface area contributed by atoms with Crippen molar-refractivity contribution in [1.29, 1.82) is 0 Å². The maximum Gasteiger partial charge on any atom is 0.410 e. The van der Waals surface area contributed by atoms with Gasteiger partial charge in [0, 0.05) is 49.6 Å². The predicted molar refractivity (Wildman–Crippen MR) is 277 cm³/mol. The lowest BCUT2D eigenvalue weighted by atomic mass is 9.55. The minimum Gasteiger partial charge on any atom is -0.459 e. The third-order valence-corrected chi connectivity index (χ3v) is 14.9. The number of aliphatic hydroxyl groups excluding tert-OH is 2. The molecule has 2 heterocycles. The molecule has 0 bridgehead atoms. The number of carbonyl (C=O) groups is 2. The number of allylic oxidation sites excluding steroid dienone is 1. The van der Waals surface area contributed by atoms with E-state index >= 15 is 4.79 Å². The highest BCUT2D eigenvalue weighted by molar-refractivity contribution is 6.03. The number of fused-ring (bicyclic) bond motifs is 2. The van der Waals surface area contributed by atoms with Crippen LogP contribution in [0.1, 0.15) is 163 Å². The van der Waals surface area contributed by atoms with Crippen molar-refractivity contribution in [3.63, 3.8) is 0 Å². The van der Waals surface area contributed by atoms with E-state index in [0.29, 0.717) is 60.0 Å². The third-order valence-electron chi connectivity index (χ3n) is 14.9. The molecule has 7 atom stereocenters. The first-order chi connectivity index (χ1) is 35.3. The first-order valence-electron chi connectivity index (χ1n) is 27.1. The maximum absolute atomic E-state index is 15.1. The number of aldehydes is 1. The maximum atomic E-state index is 15.1. The molecule has 2 N–H and O–H groups in total. The number of ether oxygens (including phenoxy) is 5. The zero-order chi connectivity index (χ0) is 50.5. The standard InChI is InChI=1S/C59H79FN2O10/c1-3-5-6-7-8-9-10-11-12-18-36-68-58(66)62(41-43-26-28-46(60)29-27-43)54-40-52(61-72-55-25-15-19-35-67-55)50-38-45(22-13-16-32-63)49(24-14-17-33-64)56-51-39-48(70-47-23-20-21-44(37-47)42-65)30-31-53(51)71-59(54,57(50)56)69-34-4-2/h4,20-21,23,26-31,37-39,42,45,49,54-57,63-64H,2-3,5-19,22,24-25,32-36,40-41H2,1H3. The van der Waals surface area contributed by atoms with Crippen molar-refractivity contribution in [1.82, 2.24) is 4.90 Å². The highest BCUT2D eigenvalue weighted by Gasteiger charge is 2.66. The fourth-order valence-corrected chi connectivity index (χ4v) is 11.3. The highest BCUT2D eigenvalue weighted by Crippen LogP contribution is 2.62. The van der Waals surface area contributed by atoms with Gasteiger partial charge in [-0.1, -0.05) is 119 Å². The highest BCUT2D eigenvalue weighted by atomic mass is 19.1. The van der Waals surface area contributed by atoms with Crippen LogP contribution in [0.15, 0.2) is 96.2 Å². The number of amides is 1. The van der Waals surface area contributed by atoms with E-state index in [1.54, 1.807) is 41.3 Å². The topological polar surface area (TPSA) is 146 Å². The molecule has 2 aliphatic heterocycles. The molecular weight excluding hydrogens is 916 g/mol. The van der Waals surface area contributed by atoms with E-state index in [4.69, 9.17) is 33.7 Å². The van der Waals surface area contributed by atoms with E-state index < -0.39 is 30.1 Å². The quantitative estimate of drug-likeness (QED) is 0.0286. The number of aliphatic hydroxyl groups is 2. The van der Waals surface area contributed by atoms with E-state index in [0.717, 1.165) is 81.6 Å². The molecule has 392 valence electrons. The van der Waals surface area contributed by atoms with Gasteiger partial charge in [-0.25, -0.2) is 9.18 Å². The molecule has 3 aromatic carbocycles. The van der Waals surface area contributed by atoms with Crippen molar-refractivity contribution >= 4 is 18.1 Å². The van der Waals surface area contributed by atoms with Crippen molar-refractivity contribution in [3.05, 3.63) is 114 Å². The summed E-state index contributed by atoms with van der Waals surface area (Å²) in [7, 11) is 0. The van der Waals surface area contributed by atoms with Gasteiger partial charge in [0.2, 0.25) is 12.1 Å². The molecule has 1 saturated heterocycles. The normalized spacial score (nSPS) is 23.8. The predicted octanol–water partition coefficient (Wildman–Crippen LogP) is 13.2. The number of unbranched alkanes of at least 4 members (excludes halogenated alkanes) is 11. The lowest BCUT2D eigenvalue weighted by molar-refractivity contribution is -0.256. The second-order valence-electron chi connectivity index (χ2n) is 20.0. The summed E-state index contributed by atoms with van der Waals surface area (Å²) in [5, 5.41) is 25.1. The SMILES string of the molecule is C=CCOC12Oc3ccc(Oc4cccc(C=O)c4)cc3C3C(CCCCO)C(CCCCO)C=C(C(=NOC4CCCCO4)CC1N(Cc1ccc(F)cc1)C(=O)OCCCCCCCCCCCC)C32. The molecule has 0 aromatic heterocycles. The summed E-state index contributed by atoms with van der Waals surface area (Å²) < 4.78 is 47.9. The third kappa shape index (κ3) is 14.4. The number of hydrogen-bond acceptors (Lipinski definition) is 11. The monoisotopic (exact) mass is 995 g/mol. The van der Waals surface area contributed by atoms with E-state index in [2.05, 4.69) is 19.6 Å². The molecule has 0 radical (unpaired) electrons. The van der Waals surface area contributed by atoms with Gasteiger partial charge in [0.05, 0.1) is 31.5 Å². The second kappa shape index (κ2) is 28.4. The Kier molecular flexibility index (Phi) is 21.6. The largest absolute Gasteiger partial charge is 0.459 e. The molecule has 7 unspecified atom stereocenters. The van der Waals surface area contributed by atoms with Crippen LogP contribution >= 0.6 is 0 Å². The van der Waals surface area contributed by atoms with Gasteiger partial charge in [-0.15, -0.1) is 6.58 Å². The fraction of sp³-hybridized carbons (Fsp3) is 0.576. The summed E-state index contributed by atoms with van der Waals surface area (Å²) >= 11 is 0. The van der Waals surface area contributed by atoms with Gasteiger partial charge in [0.25, 0.3) is 0 Å². The molecule has 12 nitrogen and oxygen atoms in total. The van der Waals surface area contributed by atoms with Crippen molar-refractivity contribution in [3.8, 4) is 17.2 Å². The van der Waals surface area contributed by atoms with Gasteiger partial charge in [0.15, 0.2) is 0 Å². The Hall–Kier alpha value is -5.08. The number of carbonyl (C=O) groups excluding carboxylic acids is 2. The molecule has 3 aromatic rings. The van der Waals surface area contributed by atoms with Crippen LogP contribution in [0.3, 0.4) is 0 Å². The van der Waals surface area contributed by atoms with E-state index in [9.17, 15) is 19.4 Å². The van der Waals surface area contributed by atoms with Gasteiger partial charge in [-0.3, -0.25) is 9.69 Å². The summed E-state index contributed by atoms with van der Waals surface area (Å²) in [5.74, 6) is -1.21. The second-order valence-corrected chi connectivity index (χ2v) is 20.0. The van der Waals surface area contributed by atoms with E-state index in [-0.39, 0.29) is 63.0 Å². The molecule has 2 aliphatic carbocycles. The van der Waals surface area contributed by atoms with E-state index in [1.165, 1.54) is 50.7 Å². The van der Waals surface area contributed by atoms with Crippen LogP contribution in [0.2, 0.25) is 0 Å². The summed E-state index contributed by atoms with van der Waals surface area (Å²) in [6.45, 7) is 7.38. The Labute approximate surface area is 426 Å². The van der Waals surface area contributed by atoms with Gasteiger partial charge >= 0.3 is 6.09 Å². The molecule has 1 amide bonds. The van der Waals surface area contributed by atoms with Crippen LogP contribution in [0.4, 0.5) is 9.18 Å². The smallest absolute Gasteiger partial charge is 0.410 e. The Balaban J connectivity index is 1.34. The lowest BCUT2D eigenvalue weighted by Crippen LogP contribution is -2.70. The lowest BCUT2D eigenvalue weighted by Gasteiger charge is -2.60. The van der Waals surface area contributed by atoms with Gasteiger partial charge in [-0.05, 0) is 110 Å². The van der Waals surface area contributed by atoms with Gasteiger partial charge in [0.1, 0.15) is 35.4 Å². The first-order valence-corrected chi connectivity index (χ1v) is 27.1. The molecule has 4 aliphatic rings. The number of nitrogens with zero attached hydrogens (tertiary/aromatic N) is 2. The van der Waals surface area contributed by atoms with Crippen LogP contribution in [0, 0.1) is 23.6 Å². The molecule has 1 saturated carbocycles. The van der Waals surface area contributed by atoms with Crippen molar-refractivity contribution < 1.29 is 52.7 Å². The van der Waals surface area contributed by atoms with Crippen LogP contribution in [-0.4, -0.2) is 84.4 Å². The minimum absolute atomic E-state index is 0.0115. The molecule has 7 rings (SSSR count). The van der Waals surface area contributed by atoms with Crippen molar-refractivity contribution in [2.75, 3.05) is 33.0 Å². The molecule has 2 fully saturated rings. The van der Waals surface area contributed by atoms with Crippen LogP contribution < -0.4 is 9.47 Å². The number of oxime groups is 1. The van der Waals surface area contributed by atoms with E-state index in [1.807, 2.05) is 24.3 Å². The number of rotatable bonds is 30. The Morgan fingerprint density at radius 2 is 1.62 bits per heavy atom. The van der Waals surface area contributed by atoms with Crippen LogP contribution in [0.5, 0.6) is 17.2 Å². The average Bonchev–Trinajstić information content (AvgIpc) is 3.40. The molecule has 0 spiro atoms. The average molecular weight is 995 g/mol. The minimum atomic E-state index is -1.54. The molecule has 72 heavy (non-hydrogen) atoms. The van der Waals surface area contributed by atoms with Gasteiger partial charge < -0.3 is 38.7 Å². The summed E-state index contributed by atoms with van der Waals surface area (Å²) in [4.78, 5) is 34.9. The summed E-state index contributed by atoms with van der Waals surface area (Å²) in [6, 6.07) is 18.1. The zero-order valence-corrected chi connectivity index (χ0v) is 42.6. The Bertz CT molecular complexity index is 2230. The Morgan fingerprint density at radius 3 is 2.33 bits per heavy atom. The number of halogens is 1. The molecule has 13 heteroatoms. The zero-order valence-electron chi connectivity index (χ0n) is 42.6. The number of benzene rings is 3.